The highest BCUT2D eigenvalue weighted by Crippen LogP contribution is 2.27. The van der Waals surface area contributed by atoms with E-state index in [1.807, 2.05) is 42.0 Å². The molecule has 1 aromatic carbocycles. The fraction of sp³-hybridized carbons (Fsp3) is 0.217. The Kier molecular flexibility index (Phi) is 5.39. The Balaban J connectivity index is 1.32. The number of aromatic nitrogens is 5. The van der Waals surface area contributed by atoms with Crippen LogP contribution in [0.25, 0.3) is 5.82 Å². The van der Waals surface area contributed by atoms with Gasteiger partial charge in [-0.2, -0.15) is 0 Å². The van der Waals surface area contributed by atoms with E-state index >= 15 is 0 Å². The van der Waals surface area contributed by atoms with Crippen molar-refractivity contribution in [3.05, 3.63) is 66.9 Å². The number of hydrogen-bond acceptors (Lipinski definition) is 7. The number of aryl methyl sites for hydroxylation is 2. The summed E-state index contributed by atoms with van der Waals surface area (Å²) in [6, 6.07) is 11.5. The number of imidazole rings is 1. The van der Waals surface area contributed by atoms with Gasteiger partial charge in [0.2, 0.25) is 11.8 Å². The number of ether oxygens (including phenoxy) is 1. The molecule has 0 saturated heterocycles. The number of amides is 1. The zero-order valence-electron chi connectivity index (χ0n) is 18.3. The van der Waals surface area contributed by atoms with Gasteiger partial charge >= 0.3 is 6.09 Å². The number of rotatable bonds is 7. The lowest BCUT2D eigenvalue weighted by molar-refractivity contribution is 0.212. The van der Waals surface area contributed by atoms with Crippen LogP contribution in [0.5, 0.6) is 5.88 Å². The van der Waals surface area contributed by atoms with Gasteiger partial charge < -0.3 is 19.9 Å². The molecule has 10 nitrogen and oxygen atoms in total. The van der Waals surface area contributed by atoms with E-state index < -0.39 is 6.09 Å². The summed E-state index contributed by atoms with van der Waals surface area (Å²) in [6.07, 6.45) is 8.65. The highest BCUT2D eigenvalue weighted by atomic mass is 16.6. The lowest BCUT2D eigenvalue weighted by atomic mass is 10.2. The topological polar surface area (TPSA) is 111 Å². The number of hydrogen-bond donors (Lipinski definition) is 3. The second-order valence-electron chi connectivity index (χ2n) is 7.93. The monoisotopic (exact) mass is 444 g/mol. The molecule has 0 bridgehead atoms. The van der Waals surface area contributed by atoms with Crippen molar-refractivity contribution in [2.45, 2.75) is 25.8 Å². The normalized spacial score (nSPS) is 12.9. The Morgan fingerprint density at radius 2 is 2.00 bits per heavy atom. The van der Waals surface area contributed by atoms with Crippen LogP contribution < -0.4 is 20.7 Å². The summed E-state index contributed by atoms with van der Waals surface area (Å²) in [4.78, 5) is 25.4. The molecule has 3 heterocycles. The summed E-state index contributed by atoms with van der Waals surface area (Å²) < 4.78 is 8.91. The molecule has 1 saturated carbocycles. The molecular weight excluding hydrogens is 420 g/mol. The molecule has 0 spiro atoms. The molecule has 1 amide bonds. The molecule has 3 N–H and O–H groups in total. The number of carbonyl (C=O) groups excluding carboxylic acids is 1. The fourth-order valence-corrected chi connectivity index (χ4v) is 3.32. The summed E-state index contributed by atoms with van der Waals surface area (Å²) >= 11 is 0. The van der Waals surface area contributed by atoms with Crippen LogP contribution in [-0.2, 0) is 7.05 Å². The molecule has 1 aliphatic rings. The third-order valence-electron chi connectivity index (χ3n) is 5.29. The molecule has 0 unspecified atom stereocenters. The maximum atomic E-state index is 12.3. The summed E-state index contributed by atoms with van der Waals surface area (Å²) in [5.41, 5.74) is 2.38. The van der Waals surface area contributed by atoms with Gasteiger partial charge in [-0.15, -0.1) is 0 Å². The minimum absolute atomic E-state index is 0.459. The Labute approximate surface area is 190 Å². The minimum Gasteiger partial charge on any atom is -0.393 e. The number of benzene rings is 1. The van der Waals surface area contributed by atoms with Gasteiger partial charge in [-0.1, -0.05) is 6.07 Å². The third-order valence-corrected chi connectivity index (χ3v) is 5.29. The number of nitrogens with zero attached hydrogens (tertiary/aromatic N) is 5. The first-order chi connectivity index (χ1) is 16.0. The standard InChI is InChI=1S/C23H24N8O2/c1-15-5-6-17(28-23(32)33-21-4-3-10-30(21)2)12-18(15)29-22-24-9-11-31(22)20-13-19(25-14-26-20)27-16-7-8-16/h3-6,9-14,16H,7-8H2,1-2H3,(H,24,29)(H,28,32)(H,25,26,27). The Morgan fingerprint density at radius 3 is 2.79 bits per heavy atom. The zero-order valence-corrected chi connectivity index (χ0v) is 18.3. The molecule has 5 rings (SSSR count). The van der Waals surface area contributed by atoms with Gasteiger partial charge in [0.05, 0.1) is 0 Å². The number of anilines is 4. The first kappa shape index (κ1) is 20.6. The van der Waals surface area contributed by atoms with Crippen molar-refractivity contribution in [1.82, 2.24) is 24.1 Å². The SMILES string of the molecule is Cc1ccc(NC(=O)Oc2cccn2C)cc1Nc1nccn1-c1cc(NC2CC2)ncn1. The van der Waals surface area contributed by atoms with Crippen molar-refractivity contribution in [2.75, 3.05) is 16.0 Å². The molecular formula is C23H24N8O2. The van der Waals surface area contributed by atoms with E-state index in [-0.39, 0.29) is 0 Å². The number of nitrogens with one attached hydrogen (secondary N) is 3. The van der Waals surface area contributed by atoms with E-state index in [1.165, 1.54) is 19.2 Å². The van der Waals surface area contributed by atoms with Crippen molar-refractivity contribution < 1.29 is 9.53 Å². The van der Waals surface area contributed by atoms with Gasteiger partial charge in [-0.05, 0) is 43.5 Å². The second-order valence-corrected chi connectivity index (χ2v) is 7.93. The van der Waals surface area contributed by atoms with Crippen LogP contribution in [0.1, 0.15) is 18.4 Å². The highest BCUT2D eigenvalue weighted by molar-refractivity contribution is 5.87. The predicted octanol–water partition coefficient (Wildman–Crippen LogP) is 4.24. The van der Waals surface area contributed by atoms with E-state index in [1.54, 1.807) is 36.1 Å². The largest absolute Gasteiger partial charge is 0.418 e. The molecule has 1 fully saturated rings. The molecule has 1 aliphatic carbocycles. The smallest absolute Gasteiger partial charge is 0.393 e. The Bertz CT molecular complexity index is 1290. The van der Waals surface area contributed by atoms with E-state index in [2.05, 4.69) is 30.9 Å². The van der Waals surface area contributed by atoms with Crippen molar-refractivity contribution in [3.63, 3.8) is 0 Å². The molecule has 0 aliphatic heterocycles. The van der Waals surface area contributed by atoms with Crippen LogP contribution in [0.4, 0.5) is 27.9 Å². The molecule has 168 valence electrons. The van der Waals surface area contributed by atoms with E-state index in [9.17, 15) is 4.79 Å². The van der Waals surface area contributed by atoms with E-state index in [0.29, 0.717) is 29.4 Å². The van der Waals surface area contributed by atoms with Gasteiger partial charge in [0, 0.05) is 55.2 Å². The van der Waals surface area contributed by atoms with Gasteiger partial charge in [0.1, 0.15) is 18.0 Å². The predicted molar refractivity (Wildman–Crippen MR) is 125 cm³/mol. The lowest BCUT2D eigenvalue weighted by Gasteiger charge is -2.14. The van der Waals surface area contributed by atoms with Crippen LogP contribution in [0, 0.1) is 6.92 Å². The first-order valence-corrected chi connectivity index (χ1v) is 10.7. The summed E-state index contributed by atoms with van der Waals surface area (Å²) in [5.74, 6) is 2.55. The summed E-state index contributed by atoms with van der Waals surface area (Å²) in [7, 11) is 1.81. The fourth-order valence-electron chi connectivity index (χ4n) is 3.32. The Hall–Kier alpha value is -4.34. The summed E-state index contributed by atoms with van der Waals surface area (Å²) in [6.45, 7) is 1.98. The first-order valence-electron chi connectivity index (χ1n) is 10.7. The lowest BCUT2D eigenvalue weighted by Crippen LogP contribution is -2.18. The summed E-state index contributed by atoms with van der Waals surface area (Å²) in [5, 5.41) is 9.48. The van der Waals surface area contributed by atoms with Gasteiger partial charge in [-0.3, -0.25) is 9.88 Å². The van der Waals surface area contributed by atoms with Gasteiger partial charge in [0.25, 0.3) is 0 Å². The van der Waals surface area contributed by atoms with E-state index in [0.717, 1.165) is 17.1 Å². The Morgan fingerprint density at radius 1 is 1.12 bits per heavy atom. The average molecular weight is 444 g/mol. The molecule has 10 heteroatoms. The molecule has 4 aromatic rings. The van der Waals surface area contributed by atoms with E-state index in [4.69, 9.17) is 4.74 Å². The molecule has 0 radical (unpaired) electrons. The second kappa shape index (κ2) is 8.65. The van der Waals surface area contributed by atoms with Crippen molar-refractivity contribution in [2.24, 2.45) is 7.05 Å². The van der Waals surface area contributed by atoms with Crippen LogP contribution >= 0.6 is 0 Å². The molecule has 3 aromatic heterocycles. The van der Waals surface area contributed by atoms with Crippen molar-refractivity contribution in [1.29, 1.82) is 0 Å². The minimum atomic E-state index is -0.565. The van der Waals surface area contributed by atoms with Crippen molar-refractivity contribution in [3.8, 4) is 11.7 Å². The maximum absolute atomic E-state index is 12.3. The zero-order chi connectivity index (χ0) is 22.8. The quantitative estimate of drug-likeness (QED) is 0.391. The van der Waals surface area contributed by atoms with Crippen molar-refractivity contribution >= 4 is 29.2 Å². The van der Waals surface area contributed by atoms with Crippen LogP contribution in [0.2, 0.25) is 0 Å². The van der Waals surface area contributed by atoms with Crippen LogP contribution in [0.3, 0.4) is 0 Å². The number of carbonyl (C=O) groups is 1. The third kappa shape index (κ3) is 4.79. The van der Waals surface area contributed by atoms with Gasteiger partial charge in [-0.25, -0.2) is 19.7 Å². The van der Waals surface area contributed by atoms with Crippen LogP contribution in [0.15, 0.2) is 61.3 Å². The highest BCUT2D eigenvalue weighted by Gasteiger charge is 2.21. The van der Waals surface area contributed by atoms with Crippen LogP contribution in [-0.4, -0.2) is 36.2 Å². The molecule has 33 heavy (non-hydrogen) atoms. The molecule has 0 atom stereocenters. The maximum Gasteiger partial charge on any atom is 0.418 e. The average Bonchev–Trinajstić information content (AvgIpc) is 3.33. The van der Waals surface area contributed by atoms with Gasteiger partial charge in [0.15, 0.2) is 0 Å².